The van der Waals surface area contributed by atoms with E-state index in [1.165, 1.54) is 0 Å². The molecule has 174 valence electrons. The zero-order valence-electron chi connectivity index (χ0n) is 19.1. The van der Waals surface area contributed by atoms with Crippen molar-refractivity contribution in [3.05, 3.63) is 60.4 Å². The van der Waals surface area contributed by atoms with Crippen molar-refractivity contribution in [3.8, 4) is 22.7 Å². The predicted octanol–water partition coefficient (Wildman–Crippen LogP) is 3.22. The van der Waals surface area contributed by atoms with Gasteiger partial charge in [0, 0.05) is 18.0 Å². The van der Waals surface area contributed by atoms with Crippen molar-refractivity contribution in [2.24, 2.45) is 0 Å². The van der Waals surface area contributed by atoms with Gasteiger partial charge in [0.1, 0.15) is 11.5 Å². The van der Waals surface area contributed by atoms with Crippen LogP contribution in [-0.2, 0) is 5.41 Å². The van der Waals surface area contributed by atoms with Gasteiger partial charge in [0.05, 0.1) is 30.0 Å². The number of anilines is 2. The average Bonchev–Trinajstić information content (AvgIpc) is 3.30. The molecule has 0 atom stereocenters. The first-order chi connectivity index (χ1) is 16.4. The Morgan fingerprint density at radius 2 is 1.74 bits per heavy atom. The molecule has 3 heterocycles. The summed E-state index contributed by atoms with van der Waals surface area (Å²) in [7, 11) is 0. The maximum atomic E-state index is 9.42. The van der Waals surface area contributed by atoms with E-state index in [0.29, 0.717) is 23.2 Å². The number of hydrogen-bond donors (Lipinski definition) is 3. The Morgan fingerprint density at radius 1 is 1.00 bits per heavy atom. The monoisotopic (exact) mass is 458 g/mol. The largest absolute Gasteiger partial charge is 0.394 e. The summed E-state index contributed by atoms with van der Waals surface area (Å²) in [5.74, 6) is 1.80. The molecule has 1 aromatic carbocycles. The van der Waals surface area contributed by atoms with Crippen LogP contribution in [0, 0.1) is 0 Å². The molecule has 5 rings (SSSR count). The summed E-state index contributed by atoms with van der Waals surface area (Å²) in [5.41, 5.74) is 8.37. The number of aliphatic hydroxyl groups excluding tert-OH is 1. The van der Waals surface area contributed by atoms with Crippen molar-refractivity contribution in [1.29, 1.82) is 0 Å². The average molecular weight is 459 g/mol. The fourth-order valence-corrected chi connectivity index (χ4v) is 4.05. The van der Waals surface area contributed by atoms with Gasteiger partial charge in [-0.2, -0.15) is 4.98 Å². The molecule has 4 N–H and O–H groups in total. The molecule has 1 fully saturated rings. The molecule has 34 heavy (non-hydrogen) atoms. The SMILES string of the molecule is CC(C)(CO)Nc1cnc(-c2nc(C3(c4ccc(-c5cnc(N)nc5)cc4)CCC3)no2)cn1. The zero-order chi connectivity index (χ0) is 23.8. The Bertz CT molecular complexity index is 1260. The molecular formula is C24H26N8O2. The van der Waals surface area contributed by atoms with E-state index in [1.54, 1.807) is 24.8 Å². The smallest absolute Gasteiger partial charge is 0.278 e. The highest BCUT2D eigenvalue weighted by molar-refractivity contribution is 5.63. The normalized spacial score (nSPS) is 15.0. The number of hydrogen-bond acceptors (Lipinski definition) is 10. The van der Waals surface area contributed by atoms with Crippen LogP contribution < -0.4 is 11.1 Å². The van der Waals surface area contributed by atoms with Crippen LogP contribution in [0.3, 0.4) is 0 Å². The van der Waals surface area contributed by atoms with Gasteiger partial charge in [-0.1, -0.05) is 35.8 Å². The van der Waals surface area contributed by atoms with Crippen LogP contribution in [0.15, 0.2) is 53.6 Å². The predicted molar refractivity (Wildman–Crippen MR) is 127 cm³/mol. The van der Waals surface area contributed by atoms with Crippen LogP contribution in [0.2, 0.25) is 0 Å². The molecule has 0 saturated heterocycles. The van der Waals surface area contributed by atoms with Crippen LogP contribution in [0.1, 0.15) is 44.5 Å². The van der Waals surface area contributed by atoms with E-state index in [9.17, 15) is 5.11 Å². The number of benzene rings is 1. The lowest BCUT2D eigenvalue weighted by molar-refractivity contribution is 0.234. The summed E-state index contributed by atoms with van der Waals surface area (Å²) in [6.45, 7) is 3.72. The molecule has 0 unspecified atom stereocenters. The summed E-state index contributed by atoms with van der Waals surface area (Å²) in [4.78, 5) is 21.6. The van der Waals surface area contributed by atoms with E-state index >= 15 is 0 Å². The van der Waals surface area contributed by atoms with Gasteiger partial charge in [0.15, 0.2) is 5.82 Å². The molecule has 1 saturated carbocycles. The van der Waals surface area contributed by atoms with E-state index in [1.807, 2.05) is 13.8 Å². The lowest BCUT2D eigenvalue weighted by Crippen LogP contribution is -2.36. The van der Waals surface area contributed by atoms with Gasteiger partial charge in [-0.3, -0.25) is 0 Å². The Morgan fingerprint density at radius 3 is 2.32 bits per heavy atom. The number of nitrogens with two attached hydrogens (primary N) is 1. The molecule has 0 bridgehead atoms. The fourth-order valence-electron chi connectivity index (χ4n) is 4.05. The third kappa shape index (κ3) is 4.08. The van der Waals surface area contributed by atoms with Gasteiger partial charge in [-0.15, -0.1) is 0 Å². The number of aliphatic hydroxyl groups is 1. The molecule has 0 amide bonds. The molecule has 10 nitrogen and oxygen atoms in total. The topological polar surface area (TPSA) is 149 Å². The second-order valence-corrected chi connectivity index (χ2v) is 9.22. The molecule has 3 aromatic heterocycles. The van der Waals surface area contributed by atoms with Crippen LogP contribution in [0.5, 0.6) is 0 Å². The Kier molecular flexibility index (Phi) is 5.45. The van der Waals surface area contributed by atoms with Crippen LogP contribution in [0.25, 0.3) is 22.7 Å². The lowest BCUT2D eigenvalue weighted by Gasteiger charge is -2.39. The van der Waals surface area contributed by atoms with Crippen molar-refractivity contribution in [3.63, 3.8) is 0 Å². The Balaban J connectivity index is 1.37. The molecule has 10 heteroatoms. The highest BCUT2D eigenvalue weighted by Crippen LogP contribution is 2.48. The standard InChI is InChI=1S/C24H26N8O2/c1-23(2,14-33)31-19-13-26-18(12-27-19)20-30-21(32-34-20)24(8-3-9-24)17-6-4-15(5-7-17)16-10-28-22(25)29-11-16/h4-7,10-13,33H,3,8-9,14H2,1-2H3,(H,27,31)(H2,25,28,29). The molecule has 0 spiro atoms. The highest BCUT2D eigenvalue weighted by Gasteiger charge is 2.44. The van der Waals surface area contributed by atoms with Crippen molar-refractivity contribution in [2.45, 2.75) is 44.1 Å². The summed E-state index contributed by atoms with van der Waals surface area (Å²) in [5, 5.41) is 16.9. The van der Waals surface area contributed by atoms with Gasteiger partial charge in [-0.25, -0.2) is 19.9 Å². The summed E-state index contributed by atoms with van der Waals surface area (Å²) < 4.78 is 5.57. The van der Waals surface area contributed by atoms with Gasteiger partial charge < -0.3 is 20.7 Å². The fraction of sp³-hybridized carbons (Fsp3) is 0.333. The first kappa shape index (κ1) is 21.9. The number of aromatic nitrogens is 6. The van der Waals surface area contributed by atoms with Gasteiger partial charge >= 0.3 is 0 Å². The third-order valence-corrected chi connectivity index (χ3v) is 6.24. The second kappa shape index (κ2) is 8.45. The summed E-state index contributed by atoms with van der Waals surface area (Å²) >= 11 is 0. The van der Waals surface area contributed by atoms with Crippen LogP contribution in [0.4, 0.5) is 11.8 Å². The molecular weight excluding hydrogens is 432 g/mol. The van der Waals surface area contributed by atoms with E-state index in [0.717, 1.165) is 36.0 Å². The molecule has 1 aliphatic carbocycles. The van der Waals surface area contributed by atoms with E-state index in [4.69, 9.17) is 10.3 Å². The van der Waals surface area contributed by atoms with Gasteiger partial charge in [0.25, 0.3) is 5.89 Å². The first-order valence-corrected chi connectivity index (χ1v) is 11.1. The van der Waals surface area contributed by atoms with Crippen molar-refractivity contribution < 1.29 is 9.63 Å². The molecule has 0 aliphatic heterocycles. The number of rotatable bonds is 7. The third-order valence-electron chi connectivity index (χ3n) is 6.24. The minimum absolute atomic E-state index is 0.0275. The summed E-state index contributed by atoms with van der Waals surface area (Å²) in [6.07, 6.45) is 9.60. The van der Waals surface area contributed by atoms with Gasteiger partial charge in [-0.05, 0) is 37.8 Å². The maximum Gasteiger partial charge on any atom is 0.278 e. The Hall–Kier alpha value is -3.92. The van der Waals surface area contributed by atoms with Crippen molar-refractivity contribution >= 4 is 11.8 Å². The Labute approximate surface area is 196 Å². The first-order valence-electron chi connectivity index (χ1n) is 11.1. The minimum Gasteiger partial charge on any atom is -0.394 e. The van der Waals surface area contributed by atoms with E-state index < -0.39 is 5.54 Å². The van der Waals surface area contributed by atoms with E-state index in [-0.39, 0.29) is 18.0 Å². The van der Waals surface area contributed by atoms with Crippen molar-refractivity contribution in [1.82, 2.24) is 30.1 Å². The quantitative estimate of drug-likeness (QED) is 0.377. The van der Waals surface area contributed by atoms with Crippen LogP contribution >= 0.6 is 0 Å². The maximum absolute atomic E-state index is 9.42. The zero-order valence-corrected chi connectivity index (χ0v) is 19.1. The number of nitrogens with zero attached hydrogens (tertiary/aromatic N) is 6. The summed E-state index contributed by atoms with van der Waals surface area (Å²) in [6, 6.07) is 8.31. The van der Waals surface area contributed by atoms with Crippen LogP contribution in [-0.4, -0.2) is 47.3 Å². The number of nitrogen functional groups attached to an aromatic ring is 1. The van der Waals surface area contributed by atoms with Gasteiger partial charge in [0.2, 0.25) is 5.95 Å². The molecule has 0 radical (unpaired) electrons. The van der Waals surface area contributed by atoms with Crippen molar-refractivity contribution in [2.75, 3.05) is 17.7 Å². The van der Waals surface area contributed by atoms with E-state index in [2.05, 4.69) is 59.7 Å². The minimum atomic E-state index is -0.499. The molecule has 4 aromatic rings. The lowest BCUT2D eigenvalue weighted by atomic mass is 9.64. The number of nitrogens with one attached hydrogen (secondary N) is 1. The highest BCUT2D eigenvalue weighted by atomic mass is 16.5. The second-order valence-electron chi connectivity index (χ2n) is 9.22. The molecule has 1 aliphatic rings.